The maximum atomic E-state index is 12.5. The zero-order valence-electron chi connectivity index (χ0n) is 37.1. The van der Waals surface area contributed by atoms with Gasteiger partial charge in [0.1, 0.15) is 0 Å². The van der Waals surface area contributed by atoms with Gasteiger partial charge in [-0.3, -0.25) is 38.6 Å². The lowest BCUT2D eigenvalue weighted by molar-refractivity contribution is 0.0985. The summed E-state index contributed by atoms with van der Waals surface area (Å²) in [5.74, 6) is 2.10. The van der Waals surface area contributed by atoms with E-state index in [0.717, 1.165) is 11.3 Å². The average Bonchev–Trinajstić information content (AvgIpc) is 3.32. The van der Waals surface area contributed by atoms with E-state index in [9.17, 15) is 41.4 Å². The van der Waals surface area contributed by atoms with Gasteiger partial charge in [-0.05, 0) is 80.4 Å². The van der Waals surface area contributed by atoms with Crippen LogP contribution in [0, 0.1) is 6.92 Å². The SMILES string of the molecule is C=C(C)NS(=O)(=O)c1ccc(NC2=CC(=O)c3ccccc3C2=O)cc1.C=S(N)(=O)c1ccc(NC2=CC(=O)c3ccccc3C2=O)cc1.Cc1ccc(NC2=CC(=O)c3ccccc3C2=O)cc1. The molecule has 0 saturated carbocycles. The minimum atomic E-state index is -3.68. The molecule has 3 aliphatic rings. The Balaban J connectivity index is 0.000000154. The van der Waals surface area contributed by atoms with E-state index >= 15 is 0 Å². The van der Waals surface area contributed by atoms with Crippen LogP contribution in [0.4, 0.5) is 17.1 Å². The zero-order chi connectivity index (χ0) is 49.6. The van der Waals surface area contributed by atoms with Crippen molar-refractivity contribution >= 4 is 77.4 Å². The molecule has 6 aromatic rings. The average molecular weight is 958 g/mol. The highest BCUT2D eigenvalue weighted by molar-refractivity contribution is 7.98. The van der Waals surface area contributed by atoms with Crippen LogP contribution in [0.25, 0.3) is 0 Å². The molecule has 0 aliphatic heterocycles. The van der Waals surface area contributed by atoms with Crippen molar-refractivity contribution in [1.82, 2.24) is 4.72 Å². The van der Waals surface area contributed by atoms with E-state index in [-0.39, 0.29) is 51.0 Å². The lowest BCUT2D eigenvalue weighted by Gasteiger charge is -2.16. The molecular formula is C53H43N5O9S2. The fraction of sp³-hybridized carbons (Fsp3) is 0.0377. The van der Waals surface area contributed by atoms with E-state index in [1.165, 1.54) is 42.5 Å². The van der Waals surface area contributed by atoms with Gasteiger partial charge < -0.3 is 16.0 Å². The summed E-state index contributed by atoms with van der Waals surface area (Å²) >= 11 is 0. The number of nitrogens with two attached hydrogens (primary N) is 1. The smallest absolute Gasteiger partial charge is 0.261 e. The zero-order valence-corrected chi connectivity index (χ0v) is 38.7. The van der Waals surface area contributed by atoms with Crippen LogP contribution in [0.3, 0.4) is 0 Å². The van der Waals surface area contributed by atoms with Gasteiger partial charge in [-0.15, -0.1) is 0 Å². The van der Waals surface area contributed by atoms with E-state index in [2.05, 4.69) is 33.1 Å². The molecule has 1 atom stereocenters. The van der Waals surface area contributed by atoms with Gasteiger partial charge in [0, 0.05) is 79.3 Å². The summed E-state index contributed by atoms with van der Waals surface area (Å²) in [5, 5.41) is 14.3. The van der Waals surface area contributed by atoms with Crippen molar-refractivity contribution in [3.8, 4) is 0 Å². The van der Waals surface area contributed by atoms with Crippen LogP contribution in [0.15, 0.2) is 203 Å². The fourth-order valence-electron chi connectivity index (χ4n) is 7.10. The molecule has 0 saturated heterocycles. The molecule has 0 heterocycles. The molecule has 14 nitrogen and oxygen atoms in total. The molecule has 1 unspecified atom stereocenters. The molecule has 0 radical (unpaired) electrons. The Hall–Kier alpha value is -8.57. The topological polar surface area (TPSA) is 228 Å². The Morgan fingerprint density at radius 2 is 0.739 bits per heavy atom. The first-order valence-corrected chi connectivity index (χ1v) is 24.2. The van der Waals surface area contributed by atoms with Crippen molar-refractivity contribution in [3.05, 3.63) is 232 Å². The van der Waals surface area contributed by atoms with Gasteiger partial charge in [-0.25, -0.2) is 12.6 Å². The molecule has 6 aromatic carbocycles. The number of hydrogen-bond acceptors (Lipinski definition) is 12. The van der Waals surface area contributed by atoms with E-state index in [4.69, 9.17) is 5.14 Å². The molecule has 0 spiro atoms. The number of carbonyl (C=O) groups excluding carboxylic acids is 6. The summed E-state index contributed by atoms with van der Waals surface area (Å²) in [6.07, 6.45) is 3.90. The highest BCUT2D eigenvalue weighted by Gasteiger charge is 2.28. The number of rotatable bonds is 10. The lowest BCUT2D eigenvalue weighted by Crippen LogP contribution is -2.22. The van der Waals surface area contributed by atoms with Gasteiger partial charge >= 0.3 is 0 Å². The number of sulfonamides is 1. The van der Waals surface area contributed by atoms with Gasteiger partial charge in [0.2, 0.25) is 17.3 Å². The number of fused-ring (bicyclic) bond motifs is 3. The van der Waals surface area contributed by atoms with Crippen molar-refractivity contribution in [2.24, 2.45) is 5.14 Å². The largest absolute Gasteiger partial charge is 0.352 e. The summed E-state index contributed by atoms with van der Waals surface area (Å²) in [4.78, 5) is 74.0. The number of carbonyl (C=O) groups is 6. The van der Waals surface area contributed by atoms with E-state index < -0.39 is 19.7 Å². The maximum absolute atomic E-state index is 12.5. The van der Waals surface area contributed by atoms with Gasteiger partial charge in [-0.1, -0.05) is 97.1 Å². The number of anilines is 3. The predicted octanol–water partition coefficient (Wildman–Crippen LogP) is 8.25. The predicted molar refractivity (Wildman–Crippen MR) is 267 cm³/mol. The van der Waals surface area contributed by atoms with Crippen LogP contribution in [0.5, 0.6) is 0 Å². The molecule has 346 valence electrons. The summed E-state index contributed by atoms with van der Waals surface area (Å²) in [7, 11) is -6.46. The van der Waals surface area contributed by atoms with E-state index in [0.29, 0.717) is 61.0 Å². The molecule has 16 heteroatoms. The van der Waals surface area contributed by atoms with Gasteiger partial charge in [-0.2, -0.15) is 0 Å². The van der Waals surface area contributed by atoms with Crippen LogP contribution < -0.4 is 25.8 Å². The number of nitrogens with one attached hydrogen (secondary N) is 4. The highest BCUT2D eigenvalue weighted by atomic mass is 32.2. The Morgan fingerprint density at radius 1 is 0.449 bits per heavy atom. The normalized spacial score (nSPS) is 14.6. The molecule has 0 bridgehead atoms. The number of ketones is 6. The molecular weight excluding hydrogens is 915 g/mol. The molecule has 0 amide bonds. The van der Waals surface area contributed by atoms with E-state index in [1.54, 1.807) is 104 Å². The Kier molecular flexibility index (Phi) is 14.1. The van der Waals surface area contributed by atoms with Crippen LogP contribution in [0.1, 0.15) is 74.6 Å². The van der Waals surface area contributed by atoms with Crippen LogP contribution in [0.2, 0.25) is 0 Å². The quantitative estimate of drug-likeness (QED) is 0.0818. The first kappa shape index (κ1) is 48.4. The summed E-state index contributed by atoms with van der Waals surface area (Å²) in [6.45, 7) is 7.05. The minimum Gasteiger partial charge on any atom is -0.352 e. The van der Waals surface area contributed by atoms with Crippen molar-refractivity contribution in [3.63, 3.8) is 0 Å². The minimum absolute atomic E-state index is 0.0661. The number of hydrogen-bond donors (Lipinski definition) is 5. The Labute approximate surface area is 398 Å². The highest BCUT2D eigenvalue weighted by Crippen LogP contribution is 2.26. The lowest BCUT2D eigenvalue weighted by atomic mass is 9.92. The van der Waals surface area contributed by atoms with E-state index in [1.807, 2.05) is 31.2 Å². The second-order valence-electron chi connectivity index (χ2n) is 15.8. The standard InChI is InChI=1S/C19H16N2O4S.C17H14N2O3S.C17H13NO2/c1-12(2)21-26(24,25)14-9-7-13(8-10-14)20-17-11-18(22)15-5-3-4-6-16(15)19(17)23;1-23(18,22)12-8-6-11(7-9-12)19-15-10-16(20)13-4-2-3-5-14(13)17(15)21;1-11-6-8-12(9-7-11)18-15-10-16(19)13-4-2-3-5-14(13)17(15)20/h3-11,20-21H,1H2,2H3;2-10,19H,1H2,(H2,18,22);2-10,18H,1H3. The maximum Gasteiger partial charge on any atom is 0.261 e. The first-order chi connectivity index (χ1) is 32.8. The number of benzene rings is 6. The number of Topliss-reactive ketones (excluding diaryl/α,β-unsaturated/α-hetero) is 3. The fourth-order valence-corrected chi connectivity index (χ4v) is 8.77. The summed E-state index contributed by atoms with van der Waals surface area (Å²) < 4.78 is 38.1. The Bertz CT molecular complexity index is 3450. The van der Waals surface area contributed by atoms with Gasteiger partial charge in [0.05, 0.1) is 31.7 Å². The van der Waals surface area contributed by atoms with Crippen LogP contribution >= 0.6 is 0 Å². The second-order valence-corrected chi connectivity index (χ2v) is 19.4. The third-order valence-electron chi connectivity index (χ3n) is 10.5. The van der Waals surface area contributed by atoms with Gasteiger partial charge in [0.25, 0.3) is 10.0 Å². The van der Waals surface area contributed by atoms with Crippen LogP contribution in [-0.4, -0.2) is 53.2 Å². The molecule has 0 fully saturated rings. The van der Waals surface area contributed by atoms with Crippen LogP contribution in [-0.2, 0) is 19.7 Å². The number of allylic oxidation sites excluding steroid dienone is 7. The summed E-state index contributed by atoms with van der Waals surface area (Å²) in [6, 6.07) is 40.1. The van der Waals surface area contributed by atoms with Crippen molar-refractivity contribution in [2.45, 2.75) is 23.6 Å². The number of aryl methyl sites for hydroxylation is 1. The Morgan fingerprint density at radius 3 is 1.04 bits per heavy atom. The molecule has 0 aromatic heterocycles. The monoisotopic (exact) mass is 957 g/mol. The first-order valence-electron chi connectivity index (χ1n) is 20.9. The third kappa shape index (κ3) is 11.3. The summed E-state index contributed by atoms with van der Waals surface area (Å²) in [5.41, 5.74) is 6.39. The van der Waals surface area contributed by atoms with Crippen molar-refractivity contribution < 1.29 is 41.4 Å². The van der Waals surface area contributed by atoms with Crippen molar-refractivity contribution in [2.75, 3.05) is 16.0 Å². The third-order valence-corrected chi connectivity index (χ3v) is 13.1. The molecule has 3 aliphatic carbocycles. The molecule has 9 rings (SSSR count). The van der Waals surface area contributed by atoms with Crippen molar-refractivity contribution in [1.29, 1.82) is 0 Å². The second kappa shape index (κ2) is 20.1. The molecule has 69 heavy (non-hydrogen) atoms. The van der Waals surface area contributed by atoms with Gasteiger partial charge in [0.15, 0.2) is 17.3 Å². The molecule has 6 N–H and O–H groups in total.